The Morgan fingerprint density at radius 3 is 2.36 bits per heavy atom. The lowest BCUT2D eigenvalue weighted by Crippen LogP contribution is -2.46. The van der Waals surface area contributed by atoms with E-state index in [1.54, 1.807) is 6.08 Å². The lowest BCUT2D eigenvalue weighted by molar-refractivity contribution is -0.00190. The van der Waals surface area contributed by atoms with Gasteiger partial charge in [-0.05, 0) is 19.3 Å². The normalized spacial score (nSPS) is 23.3. The number of sulfonamides is 1. The minimum atomic E-state index is -3.09. The summed E-state index contributed by atoms with van der Waals surface area (Å²) in [6.07, 6.45) is 4.39. The van der Waals surface area contributed by atoms with Crippen LogP contribution in [0.2, 0.25) is 0 Å². The van der Waals surface area contributed by atoms with Crippen molar-refractivity contribution in [3.63, 3.8) is 0 Å². The zero-order chi connectivity index (χ0) is 10.8. The minimum Gasteiger partial charge on any atom is -0.389 e. The lowest BCUT2D eigenvalue weighted by Gasteiger charge is -2.36. The van der Waals surface area contributed by atoms with Gasteiger partial charge in [0.05, 0.1) is 11.9 Å². The summed E-state index contributed by atoms with van der Waals surface area (Å²) in [7, 11) is -3.09. The zero-order valence-corrected chi connectivity index (χ0v) is 9.26. The second kappa shape index (κ2) is 4.00. The molecule has 0 atom stereocenters. The highest BCUT2D eigenvalue weighted by molar-refractivity contribution is 7.88. The van der Waals surface area contributed by atoms with Crippen molar-refractivity contribution < 1.29 is 13.5 Å². The Morgan fingerprint density at radius 1 is 1.50 bits per heavy atom. The van der Waals surface area contributed by atoms with Crippen molar-refractivity contribution in [2.75, 3.05) is 19.3 Å². The van der Waals surface area contributed by atoms with Gasteiger partial charge < -0.3 is 5.11 Å². The van der Waals surface area contributed by atoms with Gasteiger partial charge in [-0.1, -0.05) is 6.08 Å². The number of aliphatic hydroxyl groups is 1. The number of hydrogen-bond acceptors (Lipinski definition) is 3. The average molecular weight is 219 g/mol. The second-order valence-electron chi connectivity index (χ2n) is 3.88. The molecule has 4 nitrogen and oxygen atoms in total. The smallest absolute Gasteiger partial charge is 0.211 e. The molecule has 0 unspecified atom stereocenters. The van der Waals surface area contributed by atoms with Gasteiger partial charge in [0.15, 0.2) is 0 Å². The molecule has 1 fully saturated rings. The highest BCUT2D eigenvalue weighted by Gasteiger charge is 2.33. The highest BCUT2D eigenvalue weighted by atomic mass is 32.2. The molecule has 0 saturated carbocycles. The van der Waals surface area contributed by atoms with Crippen LogP contribution >= 0.6 is 0 Å². The van der Waals surface area contributed by atoms with Gasteiger partial charge in [0.2, 0.25) is 10.0 Å². The molecule has 0 bridgehead atoms. The molecule has 82 valence electrons. The SMILES string of the molecule is C=CCC1(O)CCN(S(C)(=O)=O)CC1. The topological polar surface area (TPSA) is 57.6 Å². The van der Waals surface area contributed by atoms with E-state index in [2.05, 4.69) is 6.58 Å². The molecular weight excluding hydrogens is 202 g/mol. The number of nitrogens with zero attached hydrogens (tertiary/aromatic N) is 1. The predicted molar refractivity (Wildman–Crippen MR) is 55.4 cm³/mol. The number of piperidine rings is 1. The molecule has 1 aliphatic rings. The minimum absolute atomic E-state index is 0.406. The van der Waals surface area contributed by atoms with E-state index in [-0.39, 0.29) is 0 Å². The second-order valence-corrected chi connectivity index (χ2v) is 5.86. The Morgan fingerprint density at radius 2 is 2.00 bits per heavy atom. The van der Waals surface area contributed by atoms with E-state index < -0.39 is 15.6 Å². The molecule has 0 aromatic carbocycles. The van der Waals surface area contributed by atoms with E-state index in [1.807, 2.05) is 0 Å². The molecule has 14 heavy (non-hydrogen) atoms. The van der Waals surface area contributed by atoms with Crippen molar-refractivity contribution in [1.29, 1.82) is 0 Å². The summed E-state index contributed by atoms with van der Waals surface area (Å²) in [5, 5.41) is 9.96. The molecule has 1 aliphatic heterocycles. The summed E-state index contributed by atoms with van der Waals surface area (Å²) in [6, 6.07) is 0. The first-order valence-electron chi connectivity index (χ1n) is 4.66. The molecule has 1 rings (SSSR count). The van der Waals surface area contributed by atoms with Crippen molar-refractivity contribution in [3.05, 3.63) is 12.7 Å². The quantitative estimate of drug-likeness (QED) is 0.697. The van der Waals surface area contributed by atoms with E-state index >= 15 is 0 Å². The summed E-state index contributed by atoms with van der Waals surface area (Å²) in [5.74, 6) is 0. The molecule has 1 saturated heterocycles. The van der Waals surface area contributed by atoms with Gasteiger partial charge in [-0.3, -0.25) is 0 Å². The van der Waals surface area contributed by atoms with Crippen LogP contribution in [0.3, 0.4) is 0 Å². The van der Waals surface area contributed by atoms with Crippen molar-refractivity contribution in [2.24, 2.45) is 0 Å². The predicted octanol–water partition coefficient (Wildman–Crippen LogP) is 0.349. The van der Waals surface area contributed by atoms with Crippen LogP contribution in [0.25, 0.3) is 0 Å². The van der Waals surface area contributed by atoms with Crippen molar-refractivity contribution in [1.82, 2.24) is 4.31 Å². The van der Waals surface area contributed by atoms with E-state index in [9.17, 15) is 13.5 Å². The maximum absolute atomic E-state index is 11.2. The molecule has 1 heterocycles. The Bertz CT molecular complexity index is 302. The van der Waals surface area contributed by atoms with Crippen LogP contribution < -0.4 is 0 Å². The molecule has 5 heteroatoms. The van der Waals surface area contributed by atoms with Crippen molar-refractivity contribution >= 4 is 10.0 Å². The van der Waals surface area contributed by atoms with Gasteiger partial charge in [0.25, 0.3) is 0 Å². The Hall–Kier alpha value is -0.390. The Balaban J connectivity index is 2.58. The van der Waals surface area contributed by atoms with Crippen LogP contribution in [0, 0.1) is 0 Å². The third kappa shape index (κ3) is 2.80. The Kier molecular flexibility index (Phi) is 3.34. The summed E-state index contributed by atoms with van der Waals surface area (Å²) in [6.45, 7) is 4.39. The van der Waals surface area contributed by atoms with Crippen LogP contribution in [0.1, 0.15) is 19.3 Å². The maximum atomic E-state index is 11.2. The third-order valence-corrected chi connectivity index (χ3v) is 3.95. The van der Waals surface area contributed by atoms with Gasteiger partial charge in [0.1, 0.15) is 0 Å². The van der Waals surface area contributed by atoms with E-state index in [0.29, 0.717) is 32.4 Å². The fourth-order valence-corrected chi connectivity index (χ4v) is 2.55. The van der Waals surface area contributed by atoms with Crippen LogP contribution in [0.5, 0.6) is 0 Å². The first-order valence-corrected chi connectivity index (χ1v) is 6.51. The van der Waals surface area contributed by atoms with Gasteiger partial charge in [-0.15, -0.1) is 6.58 Å². The van der Waals surface area contributed by atoms with Gasteiger partial charge in [0, 0.05) is 13.1 Å². The summed E-state index contributed by atoms with van der Waals surface area (Å²) in [4.78, 5) is 0. The fourth-order valence-electron chi connectivity index (χ4n) is 1.71. The molecule has 0 amide bonds. The largest absolute Gasteiger partial charge is 0.389 e. The van der Waals surface area contributed by atoms with Crippen LogP contribution in [0.15, 0.2) is 12.7 Å². The molecule has 1 N–H and O–H groups in total. The average Bonchev–Trinajstić information content (AvgIpc) is 2.03. The van der Waals surface area contributed by atoms with Crippen molar-refractivity contribution in [3.8, 4) is 0 Å². The number of hydrogen-bond donors (Lipinski definition) is 1. The van der Waals surface area contributed by atoms with Gasteiger partial charge >= 0.3 is 0 Å². The first kappa shape index (κ1) is 11.7. The summed E-state index contributed by atoms with van der Waals surface area (Å²) in [5.41, 5.74) is -0.747. The highest BCUT2D eigenvalue weighted by Crippen LogP contribution is 2.26. The maximum Gasteiger partial charge on any atom is 0.211 e. The summed E-state index contributed by atoms with van der Waals surface area (Å²) >= 11 is 0. The molecule has 0 radical (unpaired) electrons. The van der Waals surface area contributed by atoms with Crippen LogP contribution in [-0.4, -0.2) is 42.8 Å². The molecule has 0 spiro atoms. The van der Waals surface area contributed by atoms with Crippen LogP contribution in [0.4, 0.5) is 0 Å². The first-order chi connectivity index (χ1) is 6.37. The fraction of sp³-hybridized carbons (Fsp3) is 0.778. The van der Waals surface area contributed by atoms with Gasteiger partial charge in [-0.25, -0.2) is 12.7 Å². The number of rotatable bonds is 3. The third-order valence-electron chi connectivity index (χ3n) is 2.65. The molecule has 0 aromatic rings. The van der Waals surface area contributed by atoms with E-state index in [4.69, 9.17) is 0 Å². The van der Waals surface area contributed by atoms with E-state index in [1.165, 1.54) is 10.6 Å². The molecule has 0 aromatic heterocycles. The lowest BCUT2D eigenvalue weighted by atomic mass is 9.89. The standard InChI is InChI=1S/C9H17NO3S/c1-3-4-9(11)5-7-10(8-6-9)14(2,12)13/h3,11H,1,4-8H2,2H3. The Labute approximate surface area is 85.3 Å². The molecular formula is C9H17NO3S. The monoisotopic (exact) mass is 219 g/mol. The van der Waals surface area contributed by atoms with Gasteiger partial charge in [-0.2, -0.15) is 0 Å². The summed E-state index contributed by atoms with van der Waals surface area (Å²) < 4.78 is 23.8. The van der Waals surface area contributed by atoms with Crippen molar-refractivity contribution in [2.45, 2.75) is 24.9 Å². The van der Waals surface area contributed by atoms with Crippen LogP contribution in [-0.2, 0) is 10.0 Å². The molecule has 0 aliphatic carbocycles. The zero-order valence-electron chi connectivity index (χ0n) is 8.44. The van der Waals surface area contributed by atoms with E-state index in [0.717, 1.165) is 0 Å².